The molecule has 0 aromatic heterocycles. The van der Waals surface area contributed by atoms with Crippen molar-refractivity contribution in [2.24, 2.45) is 0 Å². The molecule has 1 rings (SSSR count). The summed E-state index contributed by atoms with van der Waals surface area (Å²) >= 11 is 0. The molecule has 1 saturated heterocycles. The summed E-state index contributed by atoms with van der Waals surface area (Å²) in [6.07, 6.45) is 1.07. The minimum absolute atomic E-state index is 0.00742. The SMILES string of the molecule is CCN1CCN(CC(=O)NC(C)(C)CCC(=O)NC)CC1. The second-order valence-corrected chi connectivity index (χ2v) is 6.32. The van der Waals surface area contributed by atoms with Gasteiger partial charge in [0.05, 0.1) is 6.54 Å². The van der Waals surface area contributed by atoms with Gasteiger partial charge in [0.1, 0.15) is 0 Å². The van der Waals surface area contributed by atoms with E-state index in [1.807, 2.05) is 13.8 Å². The molecule has 0 bridgehead atoms. The predicted molar refractivity (Wildman–Crippen MR) is 84.1 cm³/mol. The number of nitrogens with zero attached hydrogens (tertiary/aromatic N) is 2. The summed E-state index contributed by atoms with van der Waals surface area (Å²) in [4.78, 5) is 28.0. The highest BCUT2D eigenvalue weighted by Crippen LogP contribution is 2.11. The van der Waals surface area contributed by atoms with Crippen molar-refractivity contribution in [3.8, 4) is 0 Å². The van der Waals surface area contributed by atoms with E-state index in [-0.39, 0.29) is 17.4 Å². The lowest BCUT2D eigenvalue weighted by atomic mass is 9.98. The van der Waals surface area contributed by atoms with Crippen LogP contribution in [0.15, 0.2) is 0 Å². The Morgan fingerprint density at radius 1 is 1.05 bits per heavy atom. The predicted octanol–water partition coefficient (Wildman–Crippen LogP) is 0.0449. The third-order valence-electron chi connectivity index (χ3n) is 4.01. The molecular formula is C15H30N4O2. The maximum absolute atomic E-state index is 12.1. The monoisotopic (exact) mass is 298 g/mol. The van der Waals surface area contributed by atoms with Crippen molar-refractivity contribution >= 4 is 11.8 Å². The van der Waals surface area contributed by atoms with Gasteiger partial charge in [-0.15, -0.1) is 0 Å². The summed E-state index contributed by atoms with van der Waals surface area (Å²) in [7, 11) is 1.63. The highest BCUT2D eigenvalue weighted by Gasteiger charge is 2.23. The quantitative estimate of drug-likeness (QED) is 0.697. The van der Waals surface area contributed by atoms with Crippen LogP contribution in [0.1, 0.15) is 33.6 Å². The van der Waals surface area contributed by atoms with E-state index in [0.717, 1.165) is 32.7 Å². The molecular weight excluding hydrogens is 268 g/mol. The molecule has 0 aliphatic carbocycles. The minimum Gasteiger partial charge on any atom is -0.359 e. The number of hydrogen-bond acceptors (Lipinski definition) is 4. The largest absolute Gasteiger partial charge is 0.359 e. The second-order valence-electron chi connectivity index (χ2n) is 6.32. The van der Waals surface area contributed by atoms with Crippen molar-refractivity contribution < 1.29 is 9.59 Å². The van der Waals surface area contributed by atoms with Gasteiger partial charge in [0.15, 0.2) is 0 Å². The van der Waals surface area contributed by atoms with Crippen LogP contribution >= 0.6 is 0 Å². The van der Waals surface area contributed by atoms with E-state index in [0.29, 0.717) is 19.4 Å². The smallest absolute Gasteiger partial charge is 0.234 e. The summed E-state index contributed by atoms with van der Waals surface area (Å²) in [6.45, 7) is 11.6. The van der Waals surface area contributed by atoms with Crippen LogP contribution in [0.3, 0.4) is 0 Å². The van der Waals surface area contributed by atoms with Crippen LogP contribution in [-0.2, 0) is 9.59 Å². The number of carbonyl (C=O) groups excluding carboxylic acids is 2. The molecule has 1 fully saturated rings. The van der Waals surface area contributed by atoms with Gasteiger partial charge in [-0.3, -0.25) is 14.5 Å². The van der Waals surface area contributed by atoms with Crippen molar-refractivity contribution in [2.45, 2.75) is 39.2 Å². The van der Waals surface area contributed by atoms with E-state index >= 15 is 0 Å². The average molecular weight is 298 g/mol. The zero-order valence-electron chi connectivity index (χ0n) is 13.9. The molecule has 1 aliphatic rings. The Labute approximate surface area is 128 Å². The van der Waals surface area contributed by atoms with Crippen LogP contribution in [0.5, 0.6) is 0 Å². The van der Waals surface area contributed by atoms with Gasteiger partial charge in [0.25, 0.3) is 0 Å². The topological polar surface area (TPSA) is 64.7 Å². The van der Waals surface area contributed by atoms with E-state index in [9.17, 15) is 9.59 Å². The highest BCUT2D eigenvalue weighted by molar-refractivity contribution is 5.79. The first kappa shape index (κ1) is 17.9. The van der Waals surface area contributed by atoms with Crippen molar-refractivity contribution in [1.82, 2.24) is 20.4 Å². The number of hydrogen-bond donors (Lipinski definition) is 2. The molecule has 2 amide bonds. The number of rotatable bonds is 7. The fraction of sp³-hybridized carbons (Fsp3) is 0.867. The second kappa shape index (κ2) is 8.34. The Hall–Kier alpha value is -1.14. The first-order chi connectivity index (χ1) is 9.86. The molecule has 0 spiro atoms. The first-order valence-corrected chi connectivity index (χ1v) is 7.82. The normalized spacial score (nSPS) is 17.5. The Morgan fingerprint density at radius 3 is 2.14 bits per heavy atom. The third kappa shape index (κ3) is 6.91. The lowest BCUT2D eigenvalue weighted by Crippen LogP contribution is -2.52. The van der Waals surface area contributed by atoms with E-state index in [1.54, 1.807) is 7.05 Å². The van der Waals surface area contributed by atoms with Gasteiger partial charge in [0.2, 0.25) is 11.8 Å². The summed E-state index contributed by atoms with van der Waals surface area (Å²) in [5.41, 5.74) is -0.352. The first-order valence-electron chi connectivity index (χ1n) is 7.82. The number of likely N-dealkylation sites (N-methyl/N-ethyl adjacent to an activating group) is 1. The summed E-state index contributed by atoms with van der Waals surface area (Å²) in [6, 6.07) is 0. The lowest BCUT2D eigenvalue weighted by molar-refractivity contribution is -0.125. The Kier molecular flexibility index (Phi) is 7.11. The Balaban J connectivity index is 2.30. The van der Waals surface area contributed by atoms with Crippen molar-refractivity contribution in [3.05, 3.63) is 0 Å². The zero-order chi connectivity index (χ0) is 15.9. The van der Waals surface area contributed by atoms with Crippen LogP contribution in [0.2, 0.25) is 0 Å². The Morgan fingerprint density at radius 2 is 1.62 bits per heavy atom. The molecule has 122 valence electrons. The molecule has 0 saturated carbocycles. The van der Waals surface area contributed by atoms with Crippen molar-refractivity contribution in [2.75, 3.05) is 46.3 Å². The molecule has 1 aliphatic heterocycles. The van der Waals surface area contributed by atoms with E-state index < -0.39 is 0 Å². The van der Waals surface area contributed by atoms with Crippen molar-refractivity contribution in [1.29, 1.82) is 0 Å². The van der Waals surface area contributed by atoms with Crippen LogP contribution in [-0.4, -0.2) is 73.5 Å². The van der Waals surface area contributed by atoms with Gasteiger partial charge in [-0.1, -0.05) is 6.92 Å². The molecule has 0 aromatic rings. The molecule has 1 heterocycles. The summed E-state index contributed by atoms with van der Waals surface area (Å²) < 4.78 is 0. The van der Waals surface area contributed by atoms with E-state index in [2.05, 4.69) is 27.4 Å². The van der Waals surface area contributed by atoms with Crippen LogP contribution in [0.25, 0.3) is 0 Å². The molecule has 0 unspecified atom stereocenters. The highest BCUT2D eigenvalue weighted by atomic mass is 16.2. The van der Waals surface area contributed by atoms with Gasteiger partial charge in [-0.25, -0.2) is 0 Å². The van der Waals surface area contributed by atoms with Gasteiger partial charge in [-0.05, 0) is 26.8 Å². The number of amides is 2. The summed E-state index contributed by atoms with van der Waals surface area (Å²) in [5, 5.41) is 5.64. The molecule has 21 heavy (non-hydrogen) atoms. The Bertz CT molecular complexity index is 350. The molecule has 2 N–H and O–H groups in total. The maximum Gasteiger partial charge on any atom is 0.234 e. The molecule has 0 radical (unpaired) electrons. The standard InChI is InChI=1S/C15H30N4O2/c1-5-18-8-10-19(11-9-18)12-14(21)17-15(2,3)7-6-13(20)16-4/h5-12H2,1-4H3,(H,16,20)(H,17,21). The van der Waals surface area contributed by atoms with Crippen LogP contribution in [0, 0.1) is 0 Å². The molecule has 0 atom stereocenters. The zero-order valence-corrected chi connectivity index (χ0v) is 13.9. The molecule has 0 aromatic carbocycles. The number of piperazine rings is 1. The van der Waals surface area contributed by atoms with Gasteiger partial charge < -0.3 is 15.5 Å². The minimum atomic E-state index is -0.352. The van der Waals surface area contributed by atoms with E-state index in [4.69, 9.17) is 0 Å². The van der Waals surface area contributed by atoms with Gasteiger partial charge in [0, 0.05) is 45.2 Å². The van der Waals surface area contributed by atoms with Gasteiger partial charge >= 0.3 is 0 Å². The van der Waals surface area contributed by atoms with Crippen LogP contribution in [0.4, 0.5) is 0 Å². The number of carbonyl (C=O) groups is 2. The van der Waals surface area contributed by atoms with Crippen molar-refractivity contribution in [3.63, 3.8) is 0 Å². The average Bonchev–Trinajstić information content (AvgIpc) is 2.45. The maximum atomic E-state index is 12.1. The lowest BCUT2D eigenvalue weighted by Gasteiger charge is -2.34. The third-order valence-corrected chi connectivity index (χ3v) is 4.01. The summed E-state index contributed by atoms with van der Waals surface area (Å²) in [5.74, 6) is 0.0508. The van der Waals surface area contributed by atoms with E-state index in [1.165, 1.54) is 0 Å². The number of nitrogens with one attached hydrogen (secondary N) is 2. The molecule has 6 heteroatoms. The fourth-order valence-corrected chi connectivity index (χ4v) is 2.50. The van der Waals surface area contributed by atoms with Gasteiger partial charge in [-0.2, -0.15) is 0 Å². The van der Waals surface area contributed by atoms with Crippen LogP contribution < -0.4 is 10.6 Å². The fourth-order valence-electron chi connectivity index (χ4n) is 2.50. The molecule has 6 nitrogen and oxygen atoms in total.